The first kappa shape index (κ1) is 16.2. The highest BCUT2D eigenvalue weighted by Gasteiger charge is 2.53. The van der Waals surface area contributed by atoms with Gasteiger partial charge in [-0.05, 0) is 32.6 Å². The van der Waals surface area contributed by atoms with Crippen molar-refractivity contribution in [2.75, 3.05) is 6.54 Å². The first-order chi connectivity index (χ1) is 8.49. The van der Waals surface area contributed by atoms with Gasteiger partial charge in [-0.2, -0.15) is 13.2 Å². The topological polar surface area (TPSA) is 46.3 Å². The van der Waals surface area contributed by atoms with Gasteiger partial charge in [0.2, 0.25) is 5.91 Å². The maximum Gasteiger partial charge on any atom is 0.406 e. The molecule has 1 aliphatic carbocycles. The smallest absolute Gasteiger partial charge is 0.392 e. The molecular weight excluding hydrogens is 277 g/mol. The summed E-state index contributed by atoms with van der Waals surface area (Å²) in [6.45, 7) is 3.77. The van der Waals surface area contributed by atoms with E-state index in [0.717, 1.165) is 4.90 Å². The summed E-state index contributed by atoms with van der Waals surface area (Å²) in [6.07, 6.45) is -3.56. The Labute approximate surface area is 116 Å². The fraction of sp³-hybridized carbons (Fsp3) is 0.833. The zero-order valence-electron chi connectivity index (χ0n) is 11.3. The molecule has 1 rings (SSSR count). The van der Waals surface area contributed by atoms with Gasteiger partial charge in [-0.15, -0.1) is 0 Å². The minimum absolute atomic E-state index is 0.00317. The van der Waals surface area contributed by atoms with Crippen molar-refractivity contribution in [3.63, 3.8) is 0 Å². The molecule has 0 radical (unpaired) electrons. The van der Waals surface area contributed by atoms with E-state index in [1.54, 1.807) is 13.8 Å². The monoisotopic (exact) mass is 296 g/mol. The van der Waals surface area contributed by atoms with Crippen LogP contribution >= 0.6 is 12.2 Å². The number of rotatable bonds is 4. The second kappa shape index (κ2) is 5.26. The Morgan fingerprint density at radius 2 is 1.95 bits per heavy atom. The van der Waals surface area contributed by atoms with Crippen molar-refractivity contribution >= 4 is 23.1 Å². The van der Waals surface area contributed by atoms with Crippen molar-refractivity contribution in [2.24, 2.45) is 17.1 Å². The summed E-state index contributed by atoms with van der Waals surface area (Å²) in [5.74, 6) is -0.337. The van der Waals surface area contributed by atoms with Gasteiger partial charge in [0.25, 0.3) is 0 Å². The van der Waals surface area contributed by atoms with Gasteiger partial charge in [0, 0.05) is 6.04 Å². The highest BCUT2D eigenvalue weighted by atomic mass is 32.1. The van der Waals surface area contributed by atoms with Gasteiger partial charge in [-0.3, -0.25) is 4.79 Å². The molecule has 0 spiro atoms. The van der Waals surface area contributed by atoms with Crippen LogP contribution in [0, 0.1) is 11.3 Å². The summed E-state index contributed by atoms with van der Waals surface area (Å²) < 4.78 is 37.7. The van der Waals surface area contributed by atoms with Crippen molar-refractivity contribution in [3.8, 4) is 0 Å². The summed E-state index contributed by atoms with van der Waals surface area (Å²) in [7, 11) is 0. The van der Waals surface area contributed by atoms with Gasteiger partial charge in [0.05, 0.1) is 10.4 Å². The number of alkyl halides is 3. The lowest BCUT2D eigenvalue weighted by molar-refractivity contribution is -0.172. The maximum absolute atomic E-state index is 12.6. The molecular formula is C12H19F3N2OS. The van der Waals surface area contributed by atoms with Crippen LogP contribution in [0.2, 0.25) is 0 Å². The molecule has 1 aliphatic rings. The molecule has 19 heavy (non-hydrogen) atoms. The van der Waals surface area contributed by atoms with Crippen molar-refractivity contribution in [3.05, 3.63) is 0 Å². The average Bonchev–Trinajstić information content (AvgIpc) is 2.18. The van der Waals surface area contributed by atoms with Gasteiger partial charge >= 0.3 is 6.18 Å². The molecule has 0 saturated heterocycles. The fourth-order valence-corrected chi connectivity index (χ4v) is 2.82. The van der Waals surface area contributed by atoms with Crippen LogP contribution in [0.4, 0.5) is 13.2 Å². The second-order valence-electron chi connectivity index (χ2n) is 5.60. The molecule has 0 atom stereocenters. The summed E-state index contributed by atoms with van der Waals surface area (Å²) in [5, 5.41) is 0. The zero-order chi connectivity index (χ0) is 15.0. The average molecular weight is 296 g/mol. The van der Waals surface area contributed by atoms with Gasteiger partial charge in [0.15, 0.2) is 0 Å². The third-order valence-electron chi connectivity index (χ3n) is 3.51. The number of nitrogens with two attached hydrogens (primary N) is 1. The molecule has 0 aromatic heterocycles. The number of amides is 1. The van der Waals surface area contributed by atoms with E-state index >= 15 is 0 Å². The van der Waals surface area contributed by atoms with Crippen LogP contribution in [0.5, 0.6) is 0 Å². The first-order valence-corrected chi connectivity index (χ1v) is 6.58. The van der Waals surface area contributed by atoms with Gasteiger partial charge < -0.3 is 10.6 Å². The number of thiocarbonyl (C=S) groups is 1. The number of carbonyl (C=O) groups is 1. The maximum atomic E-state index is 12.6. The highest BCUT2D eigenvalue weighted by molar-refractivity contribution is 7.80. The minimum atomic E-state index is -4.42. The lowest BCUT2D eigenvalue weighted by Gasteiger charge is -2.47. The van der Waals surface area contributed by atoms with Crippen molar-refractivity contribution < 1.29 is 18.0 Å². The number of carbonyl (C=O) groups excluding carboxylic acids is 1. The third kappa shape index (κ3) is 3.38. The number of hydrogen-bond acceptors (Lipinski definition) is 2. The van der Waals surface area contributed by atoms with E-state index < -0.39 is 30.1 Å². The first-order valence-electron chi connectivity index (χ1n) is 6.17. The lowest BCUT2D eigenvalue weighted by Crippen LogP contribution is -2.59. The Hall–Kier alpha value is -0.850. The largest absolute Gasteiger partial charge is 0.406 e. The summed E-state index contributed by atoms with van der Waals surface area (Å²) >= 11 is 4.91. The number of nitrogens with zero attached hydrogens (tertiary/aromatic N) is 1. The quantitative estimate of drug-likeness (QED) is 0.811. The van der Waals surface area contributed by atoms with E-state index in [1.807, 2.05) is 6.92 Å². The van der Waals surface area contributed by atoms with Crippen LogP contribution in [0.3, 0.4) is 0 Å². The van der Waals surface area contributed by atoms with E-state index in [4.69, 9.17) is 18.0 Å². The van der Waals surface area contributed by atoms with Crippen LogP contribution in [-0.4, -0.2) is 34.6 Å². The van der Waals surface area contributed by atoms with E-state index in [9.17, 15) is 18.0 Å². The Morgan fingerprint density at radius 1 is 1.47 bits per heavy atom. The van der Waals surface area contributed by atoms with Crippen molar-refractivity contribution in [1.29, 1.82) is 0 Å². The molecule has 0 heterocycles. The summed E-state index contributed by atoms with van der Waals surface area (Å²) in [6, 6.07) is -0.545. The summed E-state index contributed by atoms with van der Waals surface area (Å²) in [4.78, 5) is 13.2. The van der Waals surface area contributed by atoms with Gasteiger partial charge in [-0.1, -0.05) is 19.1 Å². The SMILES string of the molecule is CC1CC(C(=O)N(CC(F)(F)F)C(C)C)(C(N)=S)C1. The Bertz CT molecular complexity index is 376. The van der Waals surface area contributed by atoms with Crippen LogP contribution < -0.4 is 5.73 Å². The fourth-order valence-electron chi connectivity index (χ4n) is 2.57. The highest BCUT2D eigenvalue weighted by Crippen LogP contribution is 2.47. The minimum Gasteiger partial charge on any atom is -0.392 e. The Balaban J connectivity index is 2.96. The van der Waals surface area contributed by atoms with E-state index in [-0.39, 0.29) is 10.9 Å². The molecule has 0 unspecified atom stereocenters. The van der Waals surface area contributed by atoms with Crippen LogP contribution in [0.25, 0.3) is 0 Å². The van der Waals surface area contributed by atoms with E-state index in [2.05, 4.69) is 0 Å². The number of halogens is 3. The van der Waals surface area contributed by atoms with Crippen LogP contribution in [-0.2, 0) is 4.79 Å². The molecule has 1 fully saturated rings. The predicted octanol–water partition coefficient (Wildman–Crippen LogP) is 2.49. The molecule has 1 amide bonds. The normalized spacial score (nSPS) is 27.0. The standard InChI is InChI=1S/C12H19F3N2OS/c1-7(2)17(6-12(13,14)15)10(18)11(9(16)19)4-8(3)5-11/h7-8H,4-6H2,1-3H3,(H2,16,19). The molecule has 1 saturated carbocycles. The van der Waals surface area contributed by atoms with Crippen LogP contribution in [0.1, 0.15) is 33.6 Å². The lowest BCUT2D eigenvalue weighted by atomic mass is 9.61. The molecule has 110 valence electrons. The van der Waals surface area contributed by atoms with E-state index in [0.29, 0.717) is 12.8 Å². The molecule has 3 nitrogen and oxygen atoms in total. The van der Waals surface area contributed by atoms with Crippen molar-refractivity contribution in [1.82, 2.24) is 4.90 Å². The second-order valence-corrected chi connectivity index (χ2v) is 6.04. The molecule has 0 bridgehead atoms. The Morgan fingerprint density at radius 3 is 2.21 bits per heavy atom. The third-order valence-corrected chi connectivity index (χ3v) is 3.90. The van der Waals surface area contributed by atoms with Gasteiger partial charge in [-0.25, -0.2) is 0 Å². The number of hydrogen-bond donors (Lipinski definition) is 1. The molecule has 0 aliphatic heterocycles. The van der Waals surface area contributed by atoms with Gasteiger partial charge in [0.1, 0.15) is 6.54 Å². The Kier molecular flexibility index (Phi) is 4.49. The predicted molar refractivity (Wildman–Crippen MR) is 70.5 cm³/mol. The molecule has 0 aromatic carbocycles. The van der Waals surface area contributed by atoms with Crippen LogP contribution in [0.15, 0.2) is 0 Å². The molecule has 0 aromatic rings. The van der Waals surface area contributed by atoms with E-state index in [1.165, 1.54) is 0 Å². The zero-order valence-corrected chi connectivity index (χ0v) is 12.1. The van der Waals surface area contributed by atoms with Crippen molar-refractivity contribution in [2.45, 2.75) is 45.8 Å². The molecule has 2 N–H and O–H groups in total. The summed E-state index contributed by atoms with van der Waals surface area (Å²) in [5.41, 5.74) is 4.52. The molecule has 7 heteroatoms.